The zero-order chi connectivity index (χ0) is 12.3. The van der Waals surface area contributed by atoms with Crippen LogP contribution in [0.2, 0.25) is 0 Å². The van der Waals surface area contributed by atoms with Gasteiger partial charge in [0.25, 0.3) is 0 Å². The van der Waals surface area contributed by atoms with Crippen molar-refractivity contribution in [1.29, 1.82) is 5.26 Å². The van der Waals surface area contributed by atoms with Crippen molar-refractivity contribution in [2.24, 2.45) is 0 Å². The summed E-state index contributed by atoms with van der Waals surface area (Å²) in [4.78, 5) is 8.63. The Labute approximate surface area is 99.8 Å². The Balaban J connectivity index is 2.44. The van der Waals surface area contributed by atoms with Gasteiger partial charge in [-0.15, -0.1) is 5.10 Å². The van der Waals surface area contributed by atoms with Gasteiger partial charge in [0.05, 0.1) is 5.56 Å². The van der Waals surface area contributed by atoms with Gasteiger partial charge in [-0.1, -0.05) is 13.8 Å². The van der Waals surface area contributed by atoms with Crippen LogP contribution in [-0.2, 0) is 12.8 Å². The minimum absolute atomic E-state index is 0.544. The smallest absolute Gasteiger partial charge is 0.155 e. The van der Waals surface area contributed by atoms with Crippen molar-refractivity contribution in [3.63, 3.8) is 0 Å². The Morgan fingerprint density at radius 3 is 2.65 bits per heavy atom. The van der Waals surface area contributed by atoms with E-state index in [0.29, 0.717) is 11.4 Å². The van der Waals surface area contributed by atoms with Gasteiger partial charge in [0.15, 0.2) is 11.6 Å². The molecule has 2 aromatic heterocycles. The predicted octanol–water partition coefficient (Wildman–Crippen LogP) is 1.66. The van der Waals surface area contributed by atoms with Gasteiger partial charge in [0.2, 0.25) is 0 Å². The Kier molecular flexibility index (Phi) is 3.15. The Morgan fingerprint density at radius 1 is 1.29 bits per heavy atom. The second-order valence-corrected chi connectivity index (χ2v) is 3.58. The lowest BCUT2D eigenvalue weighted by Gasteiger charge is -2.02. The van der Waals surface area contributed by atoms with E-state index in [2.05, 4.69) is 15.1 Å². The fourth-order valence-electron chi connectivity index (χ4n) is 1.53. The van der Waals surface area contributed by atoms with E-state index < -0.39 is 0 Å². The van der Waals surface area contributed by atoms with Crippen molar-refractivity contribution in [3.05, 3.63) is 35.5 Å². The lowest BCUT2D eigenvalue weighted by Crippen LogP contribution is -2.04. The van der Waals surface area contributed by atoms with Gasteiger partial charge in [-0.25, -0.2) is 9.97 Å². The third-order valence-corrected chi connectivity index (χ3v) is 2.44. The molecule has 2 rings (SSSR count). The number of nitrogens with zero attached hydrogens (tertiary/aromatic N) is 5. The normalized spacial score (nSPS) is 10.2. The molecule has 0 aliphatic rings. The predicted molar refractivity (Wildman–Crippen MR) is 62.6 cm³/mol. The maximum absolute atomic E-state index is 8.72. The summed E-state index contributed by atoms with van der Waals surface area (Å²) in [6, 6.07) is 5.56. The number of aromatic nitrogens is 4. The molecule has 0 amide bonds. The van der Waals surface area contributed by atoms with Crippen LogP contribution in [0.15, 0.2) is 18.3 Å². The lowest BCUT2D eigenvalue weighted by molar-refractivity contribution is 0.769. The summed E-state index contributed by atoms with van der Waals surface area (Å²) < 4.78 is 1.74. The van der Waals surface area contributed by atoms with Gasteiger partial charge in [-0.2, -0.15) is 9.94 Å². The first-order valence-corrected chi connectivity index (χ1v) is 5.59. The molecule has 0 aliphatic carbocycles. The number of nitriles is 1. The summed E-state index contributed by atoms with van der Waals surface area (Å²) in [5.41, 5.74) is 0.544. The largest absolute Gasteiger partial charge is 0.236 e. The third kappa shape index (κ3) is 2.16. The summed E-state index contributed by atoms with van der Waals surface area (Å²) >= 11 is 0. The molecule has 0 saturated heterocycles. The standard InChI is InChI=1S/C12H13N5/c1-3-10-15-11(4-2)17(16-10)12-6-5-9(7-13)8-14-12/h5-6,8H,3-4H2,1-2H3. The average Bonchev–Trinajstić information content (AvgIpc) is 2.82. The van der Waals surface area contributed by atoms with Crippen molar-refractivity contribution in [2.75, 3.05) is 0 Å². The van der Waals surface area contributed by atoms with E-state index in [1.54, 1.807) is 23.0 Å². The van der Waals surface area contributed by atoms with Crippen LogP contribution < -0.4 is 0 Å². The first kappa shape index (κ1) is 11.3. The highest BCUT2D eigenvalue weighted by atomic mass is 15.4. The van der Waals surface area contributed by atoms with E-state index >= 15 is 0 Å². The maximum Gasteiger partial charge on any atom is 0.155 e. The molecule has 0 bridgehead atoms. The lowest BCUT2D eigenvalue weighted by atomic mass is 10.3. The third-order valence-electron chi connectivity index (χ3n) is 2.44. The van der Waals surface area contributed by atoms with Crippen LogP contribution in [-0.4, -0.2) is 19.7 Å². The van der Waals surface area contributed by atoms with Crippen LogP contribution in [0, 0.1) is 11.3 Å². The molecule has 0 aliphatic heterocycles. The minimum atomic E-state index is 0.544. The molecule has 0 fully saturated rings. The fourth-order valence-corrected chi connectivity index (χ4v) is 1.53. The fraction of sp³-hybridized carbons (Fsp3) is 0.333. The van der Waals surface area contributed by atoms with E-state index in [4.69, 9.17) is 5.26 Å². The number of aryl methyl sites for hydroxylation is 2. The second kappa shape index (κ2) is 4.74. The number of hydrogen-bond acceptors (Lipinski definition) is 4. The first-order chi connectivity index (χ1) is 8.28. The first-order valence-electron chi connectivity index (χ1n) is 5.59. The van der Waals surface area contributed by atoms with Crippen molar-refractivity contribution in [2.45, 2.75) is 26.7 Å². The van der Waals surface area contributed by atoms with E-state index in [1.807, 2.05) is 19.9 Å². The highest BCUT2D eigenvalue weighted by Gasteiger charge is 2.09. The molecular weight excluding hydrogens is 214 g/mol. The molecule has 0 aromatic carbocycles. The zero-order valence-corrected chi connectivity index (χ0v) is 9.88. The molecule has 0 radical (unpaired) electrons. The SMILES string of the molecule is CCc1nc(CC)n(-c2ccc(C#N)cn2)n1. The molecule has 2 heterocycles. The van der Waals surface area contributed by atoms with Crippen LogP contribution in [0.1, 0.15) is 31.1 Å². The van der Waals surface area contributed by atoms with Crippen LogP contribution in [0.4, 0.5) is 0 Å². The van der Waals surface area contributed by atoms with Crippen LogP contribution in [0.3, 0.4) is 0 Å². The highest BCUT2D eigenvalue weighted by Crippen LogP contribution is 2.09. The Morgan fingerprint density at radius 2 is 2.12 bits per heavy atom. The van der Waals surface area contributed by atoms with Crippen molar-refractivity contribution < 1.29 is 0 Å². The molecule has 17 heavy (non-hydrogen) atoms. The van der Waals surface area contributed by atoms with Gasteiger partial charge in [-0.05, 0) is 12.1 Å². The van der Waals surface area contributed by atoms with Crippen molar-refractivity contribution in [3.8, 4) is 11.9 Å². The molecule has 86 valence electrons. The maximum atomic E-state index is 8.72. The van der Waals surface area contributed by atoms with Crippen LogP contribution in [0.25, 0.3) is 5.82 Å². The van der Waals surface area contributed by atoms with Gasteiger partial charge < -0.3 is 0 Å². The van der Waals surface area contributed by atoms with Gasteiger partial charge in [0.1, 0.15) is 11.9 Å². The minimum Gasteiger partial charge on any atom is -0.236 e. The monoisotopic (exact) mass is 227 g/mol. The van der Waals surface area contributed by atoms with E-state index in [-0.39, 0.29) is 0 Å². The Hall–Kier alpha value is -2.22. The molecule has 2 aromatic rings. The molecular formula is C12H13N5. The summed E-state index contributed by atoms with van der Waals surface area (Å²) in [5, 5.41) is 13.1. The molecule has 5 heteroatoms. The van der Waals surface area contributed by atoms with E-state index in [0.717, 1.165) is 24.5 Å². The molecule has 0 atom stereocenters. The number of hydrogen-bond donors (Lipinski definition) is 0. The quantitative estimate of drug-likeness (QED) is 0.799. The van der Waals surface area contributed by atoms with Gasteiger partial charge >= 0.3 is 0 Å². The summed E-state index contributed by atoms with van der Waals surface area (Å²) in [7, 11) is 0. The molecule has 0 saturated carbocycles. The summed E-state index contributed by atoms with van der Waals surface area (Å²) in [6.07, 6.45) is 3.15. The average molecular weight is 227 g/mol. The topological polar surface area (TPSA) is 67.4 Å². The summed E-state index contributed by atoms with van der Waals surface area (Å²) in [5.74, 6) is 2.40. The van der Waals surface area contributed by atoms with Crippen LogP contribution in [0.5, 0.6) is 0 Å². The molecule has 0 N–H and O–H groups in total. The van der Waals surface area contributed by atoms with Crippen LogP contribution >= 0.6 is 0 Å². The molecule has 5 nitrogen and oxygen atoms in total. The van der Waals surface area contributed by atoms with E-state index in [1.165, 1.54) is 0 Å². The number of pyridine rings is 1. The highest BCUT2D eigenvalue weighted by molar-refractivity contribution is 5.32. The molecule has 0 unspecified atom stereocenters. The zero-order valence-electron chi connectivity index (χ0n) is 9.88. The molecule has 0 spiro atoms. The number of rotatable bonds is 3. The van der Waals surface area contributed by atoms with Gasteiger partial charge in [0, 0.05) is 19.0 Å². The van der Waals surface area contributed by atoms with Gasteiger partial charge in [-0.3, -0.25) is 0 Å². The second-order valence-electron chi connectivity index (χ2n) is 3.58. The summed E-state index contributed by atoms with van der Waals surface area (Å²) in [6.45, 7) is 4.05. The van der Waals surface area contributed by atoms with Crippen molar-refractivity contribution >= 4 is 0 Å². The van der Waals surface area contributed by atoms with E-state index in [9.17, 15) is 0 Å². The Bertz CT molecular complexity index is 547. The van der Waals surface area contributed by atoms with Crippen molar-refractivity contribution in [1.82, 2.24) is 19.7 Å².